The van der Waals surface area contributed by atoms with Crippen LogP contribution in [0.5, 0.6) is 11.5 Å². The Bertz CT molecular complexity index is 1780. The van der Waals surface area contributed by atoms with Crippen LogP contribution in [0.2, 0.25) is 0 Å². The van der Waals surface area contributed by atoms with Crippen LogP contribution in [0.15, 0.2) is 103 Å². The van der Waals surface area contributed by atoms with Crippen molar-refractivity contribution in [3.05, 3.63) is 125 Å². The highest BCUT2D eigenvalue weighted by atomic mass is 32.1. The average Bonchev–Trinajstić information content (AvgIpc) is 3.53. The molecule has 204 valence electrons. The van der Waals surface area contributed by atoms with E-state index < -0.39 is 23.5 Å². The highest BCUT2D eigenvalue weighted by Gasteiger charge is 2.48. The van der Waals surface area contributed by atoms with Crippen molar-refractivity contribution in [1.82, 2.24) is 4.98 Å². The number of anilines is 1. The van der Waals surface area contributed by atoms with Gasteiger partial charge in [-0.15, -0.1) is 0 Å². The van der Waals surface area contributed by atoms with Gasteiger partial charge in [0.25, 0.3) is 5.78 Å². The van der Waals surface area contributed by atoms with Crippen molar-refractivity contribution in [2.45, 2.75) is 12.6 Å². The summed E-state index contributed by atoms with van der Waals surface area (Å²) in [6, 6.07) is 26.4. The predicted octanol–water partition coefficient (Wildman–Crippen LogP) is 6.65. The van der Waals surface area contributed by atoms with Gasteiger partial charge in [0, 0.05) is 5.56 Å². The van der Waals surface area contributed by atoms with E-state index >= 15 is 0 Å². The van der Waals surface area contributed by atoms with Crippen LogP contribution in [0, 0.1) is 5.82 Å². The summed E-state index contributed by atoms with van der Waals surface area (Å²) in [6.45, 7) is 0.373. The van der Waals surface area contributed by atoms with E-state index in [1.165, 1.54) is 30.2 Å². The fourth-order valence-electron chi connectivity index (χ4n) is 4.73. The van der Waals surface area contributed by atoms with Crippen LogP contribution in [-0.2, 0) is 16.2 Å². The Morgan fingerprint density at radius 2 is 1.66 bits per heavy atom. The molecule has 0 bridgehead atoms. The minimum absolute atomic E-state index is 0.0800. The summed E-state index contributed by atoms with van der Waals surface area (Å²) < 4.78 is 25.5. The minimum atomic E-state index is -0.981. The zero-order chi connectivity index (χ0) is 28.5. The zero-order valence-corrected chi connectivity index (χ0v) is 22.6. The third kappa shape index (κ3) is 5.03. The number of methoxy groups -OCH3 is 1. The zero-order valence-electron chi connectivity index (χ0n) is 21.8. The number of carbonyl (C=O) groups excluding carboxylic acids is 2. The molecule has 0 aliphatic carbocycles. The number of carbonyl (C=O) groups is 2. The summed E-state index contributed by atoms with van der Waals surface area (Å²) in [5, 5.41) is 11.6. The number of benzene rings is 4. The van der Waals surface area contributed by atoms with E-state index in [9.17, 15) is 19.1 Å². The summed E-state index contributed by atoms with van der Waals surface area (Å²) in [5.41, 5.74) is 2.34. The molecular weight excluding hydrogens is 543 g/mol. The lowest BCUT2D eigenvalue weighted by molar-refractivity contribution is -0.132. The Morgan fingerprint density at radius 1 is 0.951 bits per heavy atom. The number of ketones is 1. The summed E-state index contributed by atoms with van der Waals surface area (Å²) in [4.78, 5) is 32.7. The van der Waals surface area contributed by atoms with E-state index in [4.69, 9.17) is 9.47 Å². The second-order valence-corrected chi connectivity index (χ2v) is 10.4. The maximum absolute atomic E-state index is 13.9. The minimum Gasteiger partial charge on any atom is -0.507 e. The number of hydrogen-bond donors (Lipinski definition) is 1. The van der Waals surface area contributed by atoms with Gasteiger partial charge in [-0.25, -0.2) is 9.37 Å². The molecule has 1 aliphatic heterocycles. The Morgan fingerprint density at radius 3 is 2.37 bits per heavy atom. The average molecular weight is 567 g/mol. The van der Waals surface area contributed by atoms with Crippen molar-refractivity contribution in [1.29, 1.82) is 0 Å². The van der Waals surface area contributed by atoms with Gasteiger partial charge in [-0.2, -0.15) is 0 Å². The van der Waals surface area contributed by atoms with Crippen molar-refractivity contribution < 1.29 is 28.6 Å². The van der Waals surface area contributed by atoms with E-state index in [1.54, 1.807) is 48.5 Å². The number of nitrogens with zero attached hydrogens (tertiary/aromatic N) is 2. The van der Waals surface area contributed by atoms with Gasteiger partial charge < -0.3 is 14.6 Å². The molecule has 1 unspecified atom stereocenters. The highest BCUT2D eigenvalue weighted by Crippen LogP contribution is 2.44. The van der Waals surface area contributed by atoms with Crippen LogP contribution >= 0.6 is 11.3 Å². The van der Waals surface area contributed by atoms with E-state index in [2.05, 4.69) is 4.98 Å². The summed E-state index contributed by atoms with van der Waals surface area (Å²) in [6.07, 6.45) is 0. The lowest BCUT2D eigenvalue weighted by atomic mass is 9.95. The lowest BCUT2D eigenvalue weighted by Crippen LogP contribution is -2.29. The van der Waals surface area contributed by atoms with Crippen LogP contribution < -0.4 is 14.4 Å². The predicted molar refractivity (Wildman–Crippen MR) is 155 cm³/mol. The summed E-state index contributed by atoms with van der Waals surface area (Å²) in [7, 11) is 1.53. The van der Waals surface area contributed by atoms with E-state index in [0.717, 1.165) is 16.9 Å². The number of Topliss-reactive ketones (excluding diaryl/α,β-unsaturated/α-hetero) is 1. The maximum atomic E-state index is 13.9. The van der Waals surface area contributed by atoms with Crippen LogP contribution in [0.4, 0.5) is 9.52 Å². The van der Waals surface area contributed by atoms with Gasteiger partial charge in [0.15, 0.2) is 5.13 Å². The number of hydrogen-bond acceptors (Lipinski definition) is 7. The van der Waals surface area contributed by atoms with Gasteiger partial charge in [0.05, 0.1) is 28.9 Å². The van der Waals surface area contributed by atoms with Gasteiger partial charge in [0.1, 0.15) is 29.7 Å². The fraction of sp³-hybridized carbons (Fsp3) is 0.0938. The van der Waals surface area contributed by atoms with Crippen molar-refractivity contribution in [2.24, 2.45) is 0 Å². The smallest absolute Gasteiger partial charge is 0.301 e. The van der Waals surface area contributed by atoms with Gasteiger partial charge in [-0.1, -0.05) is 53.8 Å². The van der Waals surface area contributed by atoms with Crippen molar-refractivity contribution in [3.63, 3.8) is 0 Å². The fourth-order valence-corrected chi connectivity index (χ4v) is 5.74. The molecule has 0 saturated carbocycles. The van der Waals surface area contributed by atoms with Crippen LogP contribution in [0.25, 0.3) is 16.0 Å². The third-order valence-corrected chi connectivity index (χ3v) is 7.81. The number of fused-ring (bicyclic) bond motifs is 1. The molecule has 0 radical (unpaired) electrons. The number of rotatable bonds is 7. The molecular formula is C32H23FN2O5S. The first kappa shape index (κ1) is 26.2. The van der Waals surface area contributed by atoms with Gasteiger partial charge in [-0.05, 0) is 65.7 Å². The Hall–Kier alpha value is -5.02. The van der Waals surface area contributed by atoms with Gasteiger partial charge >= 0.3 is 5.91 Å². The molecule has 1 aliphatic rings. The molecule has 4 aromatic carbocycles. The first-order chi connectivity index (χ1) is 19.9. The van der Waals surface area contributed by atoms with E-state index in [-0.39, 0.29) is 16.5 Å². The molecule has 1 aromatic heterocycles. The quantitative estimate of drug-likeness (QED) is 0.135. The van der Waals surface area contributed by atoms with Crippen molar-refractivity contribution in [3.8, 4) is 11.5 Å². The van der Waals surface area contributed by atoms with Gasteiger partial charge in [0.2, 0.25) is 0 Å². The van der Waals surface area contributed by atoms with Crippen molar-refractivity contribution in [2.75, 3.05) is 12.0 Å². The number of halogens is 1. The molecule has 1 saturated heterocycles. The molecule has 1 N–H and O–H groups in total. The number of ether oxygens (including phenoxy) is 2. The number of amides is 1. The van der Waals surface area contributed by atoms with E-state index in [1.807, 2.05) is 30.3 Å². The second kappa shape index (κ2) is 10.9. The molecule has 1 amide bonds. The van der Waals surface area contributed by atoms with Crippen LogP contribution in [0.3, 0.4) is 0 Å². The molecule has 0 spiro atoms. The summed E-state index contributed by atoms with van der Waals surface area (Å²) >= 11 is 1.09. The monoisotopic (exact) mass is 566 g/mol. The Kier molecular flexibility index (Phi) is 6.94. The molecule has 5 aromatic rings. The first-order valence-corrected chi connectivity index (χ1v) is 13.5. The molecule has 2 heterocycles. The molecule has 6 rings (SSSR count). The first-order valence-electron chi connectivity index (χ1n) is 12.7. The van der Waals surface area contributed by atoms with Crippen molar-refractivity contribution >= 4 is 44.1 Å². The number of aliphatic hydroxyl groups is 1. The second-order valence-electron chi connectivity index (χ2n) is 9.35. The topological polar surface area (TPSA) is 89.0 Å². The molecule has 1 atom stereocenters. The number of aromatic nitrogens is 1. The molecule has 9 heteroatoms. The molecule has 1 fully saturated rings. The highest BCUT2D eigenvalue weighted by molar-refractivity contribution is 7.22. The number of thiazole rings is 1. The lowest BCUT2D eigenvalue weighted by Gasteiger charge is -2.23. The van der Waals surface area contributed by atoms with Crippen LogP contribution in [0.1, 0.15) is 22.7 Å². The molecule has 7 nitrogen and oxygen atoms in total. The Labute approximate surface area is 238 Å². The van der Waals surface area contributed by atoms with Crippen LogP contribution in [-0.4, -0.2) is 28.9 Å². The van der Waals surface area contributed by atoms with Gasteiger partial charge in [-0.3, -0.25) is 14.5 Å². The standard InChI is InChI=1S/C32H23FN2O5S/c1-39-23-12-9-21(10-13-23)29(36)27-28(20-7-14-24(15-8-20)40-18-19-5-3-2-4-6-19)35(31(38)30(27)37)32-34-25-16-11-22(33)17-26(25)41-32/h2-17,28,36H,18H2,1H3. The normalized spacial score (nSPS) is 16.3. The van der Waals surface area contributed by atoms with E-state index in [0.29, 0.717) is 39.4 Å². The Balaban J connectivity index is 1.42. The molecule has 41 heavy (non-hydrogen) atoms. The SMILES string of the molecule is COc1ccc(C(O)=C2C(=O)C(=O)N(c3nc4ccc(F)cc4s3)C2c2ccc(OCc3ccccc3)cc2)cc1. The third-order valence-electron chi connectivity index (χ3n) is 6.80. The largest absolute Gasteiger partial charge is 0.507 e. The maximum Gasteiger partial charge on any atom is 0.301 e. The number of aliphatic hydroxyl groups excluding tert-OH is 1. The summed E-state index contributed by atoms with van der Waals surface area (Å²) in [5.74, 6) is -1.27.